The summed E-state index contributed by atoms with van der Waals surface area (Å²) in [6, 6.07) is 14.1. The van der Waals surface area contributed by atoms with Crippen LogP contribution in [0.3, 0.4) is 0 Å². The van der Waals surface area contributed by atoms with Crippen LogP contribution in [0.15, 0.2) is 53.0 Å². The van der Waals surface area contributed by atoms with Crippen LogP contribution in [0.1, 0.15) is 18.6 Å². The second-order valence-electron chi connectivity index (χ2n) is 4.39. The van der Waals surface area contributed by atoms with Crippen molar-refractivity contribution in [3.8, 4) is 0 Å². The van der Waals surface area contributed by atoms with Crippen LogP contribution < -0.4 is 10.6 Å². The van der Waals surface area contributed by atoms with Gasteiger partial charge in [-0.25, -0.2) is 4.79 Å². The normalized spacial score (nSPS) is 11.8. The summed E-state index contributed by atoms with van der Waals surface area (Å²) in [4.78, 5) is 11.8. The van der Waals surface area contributed by atoms with E-state index in [0.717, 1.165) is 10.0 Å². The zero-order chi connectivity index (χ0) is 14.5. The SMILES string of the molecule is CC(O)c1ccc(NC(=O)Nc2cccc(Br)c2)cc1. The van der Waals surface area contributed by atoms with Crippen molar-refractivity contribution in [3.63, 3.8) is 0 Å². The molecule has 2 amide bonds. The molecule has 0 saturated heterocycles. The summed E-state index contributed by atoms with van der Waals surface area (Å²) in [7, 11) is 0. The van der Waals surface area contributed by atoms with Crippen LogP contribution in [-0.2, 0) is 0 Å². The topological polar surface area (TPSA) is 61.4 Å². The Labute approximate surface area is 126 Å². The summed E-state index contributed by atoms with van der Waals surface area (Å²) >= 11 is 3.34. The maximum Gasteiger partial charge on any atom is 0.323 e. The Hall–Kier alpha value is -1.85. The summed E-state index contributed by atoms with van der Waals surface area (Å²) in [6.07, 6.45) is -0.514. The molecule has 0 aromatic heterocycles. The third kappa shape index (κ3) is 4.08. The maximum atomic E-state index is 11.8. The Morgan fingerprint density at radius 2 is 1.75 bits per heavy atom. The first kappa shape index (κ1) is 14.6. The van der Waals surface area contributed by atoms with E-state index < -0.39 is 6.10 Å². The molecule has 0 aliphatic rings. The molecule has 0 radical (unpaired) electrons. The molecule has 2 aromatic carbocycles. The third-order valence-corrected chi connectivity index (χ3v) is 3.23. The molecule has 0 fully saturated rings. The van der Waals surface area contributed by atoms with Gasteiger partial charge < -0.3 is 15.7 Å². The number of aliphatic hydroxyl groups is 1. The number of carbonyl (C=O) groups excluding carboxylic acids is 1. The number of carbonyl (C=O) groups is 1. The molecule has 3 N–H and O–H groups in total. The van der Waals surface area contributed by atoms with Crippen molar-refractivity contribution >= 4 is 33.3 Å². The molecule has 0 heterocycles. The van der Waals surface area contributed by atoms with Gasteiger partial charge in [0.25, 0.3) is 0 Å². The number of urea groups is 1. The Kier molecular flexibility index (Phi) is 4.76. The lowest BCUT2D eigenvalue weighted by molar-refractivity contribution is 0.199. The van der Waals surface area contributed by atoms with Crippen LogP contribution in [-0.4, -0.2) is 11.1 Å². The molecule has 0 saturated carbocycles. The molecule has 20 heavy (non-hydrogen) atoms. The van der Waals surface area contributed by atoms with Crippen LogP contribution in [0.5, 0.6) is 0 Å². The smallest absolute Gasteiger partial charge is 0.323 e. The van der Waals surface area contributed by atoms with Crippen LogP contribution >= 0.6 is 15.9 Å². The van der Waals surface area contributed by atoms with Gasteiger partial charge in [-0.2, -0.15) is 0 Å². The van der Waals surface area contributed by atoms with Crippen molar-refractivity contribution in [2.75, 3.05) is 10.6 Å². The number of aliphatic hydroxyl groups excluding tert-OH is 1. The third-order valence-electron chi connectivity index (χ3n) is 2.73. The summed E-state index contributed by atoms with van der Waals surface area (Å²) in [5.41, 5.74) is 2.18. The number of halogens is 1. The van der Waals surface area contributed by atoms with E-state index >= 15 is 0 Å². The highest BCUT2D eigenvalue weighted by Crippen LogP contribution is 2.17. The average Bonchev–Trinajstić information content (AvgIpc) is 2.39. The quantitative estimate of drug-likeness (QED) is 0.789. The second kappa shape index (κ2) is 6.54. The lowest BCUT2D eigenvalue weighted by Crippen LogP contribution is -2.19. The summed E-state index contributed by atoms with van der Waals surface area (Å²) in [5, 5.41) is 14.9. The van der Waals surface area contributed by atoms with E-state index in [1.807, 2.05) is 18.2 Å². The molecular formula is C15H15BrN2O2. The van der Waals surface area contributed by atoms with E-state index in [0.29, 0.717) is 11.4 Å². The highest BCUT2D eigenvalue weighted by Gasteiger charge is 2.04. The van der Waals surface area contributed by atoms with Gasteiger partial charge in [0.05, 0.1) is 6.10 Å². The van der Waals surface area contributed by atoms with Crippen molar-refractivity contribution in [1.29, 1.82) is 0 Å². The standard InChI is InChI=1S/C15H15BrN2O2/c1-10(19)11-5-7-13(8-6-11)17-15(20)18-14-4-2-3-12(16)9-14/h2-10,19H,1H3,(H2,17,18,20). The number of nitrogens with one attached hydrogen (secondary N) is 2. The fourth-order valence-corrected chi connectivity index (χ4v) is 2.10. The monoisotopic (exact) mass is 334 g/mol. The van der Waals surface area contributed by atoms with Crippen LogP contribution in [0.25, 0.3) is 0 Å². The molecule has 0 spiro atoms. The van der Waals surface area contributed by atoms with Gasteiger partial charge in [-0.1, -0.05) is 34.1 Å². The molecule has 0 aliphatic heterocycles. The number of hydrogen-bond acceptors (Lipinski definition) is 2. The van der Waals surface area contributed by atoms with Crippen molar-refractivity contribution < 1.29 is 9.90 Å². The lowest BCUT2D eigenvalue weighted by Gasteiger charge is -2.09. The van der Waals surface area contributed by atoms with Crippen molar-refractivity contribution in [2.45, 2.75) is 13.0 Å². The number of hydrogen-bond donors (Lipinski definition) is 3. The minimum absolute atomic E-state index is 0.312. The van der Waals surface area contributed by atoms with Crippen LogP contribution in [0, 0.1) is 0 Å². The largest absolute Gasteiger partial charge is 0.389 e. The number of amides is 2. The zero-order valence-electron chi connectivity index (χ0n) is 10.9. The van der Waals surface area contributed by atoms with Crippen LogP contribution in [0.2, 0.25) is 0 Å². The molecule has 2 rings (SSSR count). The van der Waals surface area contributed by atoms with Crippen molar-refractivity contribution in [1.82, 2.24) is 0 Å². The summed E-state index contributed by atoms with van der Waals surface area (Å²) in [6.45, 7) is 1.70. The molecule has 0 bridgehead atoms. The fraction of sp³-hybridized carbons (Fsp3) is 0.133. The lowest BCUT2D eigenvalue weighted by atomic mass is 10.1. The molecule has 104 valence electrons. The predicted molar refractivity (Wildman–Crippen MR) is 83.9 cm³/mol. The van der Waals surface area contributed by atoms with Gasteiger partial charge in [0, 0.05) is 15.8 Å². The molecule has 1 atom stereocenters. The zero-order valence-corrected chi connectivity index (χ0v) is 12.5. The maximum absolute atomic E-state index is 11.8. The molecule has 0 aliphatic carbocycles. The first-order chi connectivity index (χ1) is 9.54. The van der Waals surface area contributed by atoms with E-state index in [2.05, 4.69) is 26.6 Å². The fourth-order valence-electron chi connectivity index (χ4n) is 1.70. The summed E-state index contributed by atoms with van der Waals surface area (Å²) < 4.78 is 0.900. The first-order valence-electron chi connectivity index (χ1n) is 6.16. The molecule has 4 nitrogen and oxygen atoms in total. The van der Waals surface area contributed by atoms with Gasteiger partial charge in [0.2, 0.25) is 0 Å². The highest BCUT2D eigenvalue weighted by atomic mass is 79.9. The van der Waals surface area contributed by atoms with Crippen molar-refractivity contribution in [3.05, 3.63) is 58.6 Å². The molecular weight excluding hydrogens is 320 g/mol. The number of benzene rings is 2. The van der Waals surface area contributed by atoms with E-state index in [1.165, 1.54) is 0 Å². The minimum atomic E-state index is -0.514. The molecule has 1 unspecified atom stereocenters. The molecule has 5 heteroatoms. The van der Waals surface area contributed by atoms with E-state index in [-0.39, 0.29) is 6.03 Å². The van der Waals surface area contributed by atoms with Gasteiger partial charge in [-0.3, -0.25) is 0 Å². The van der Waals surface area contributed by atoms with Gasteiger partial charge in [-0.15, -0.1) is 0 Å². The Morgan fingerprint density at radius 1 is 1.10 bits per heavy atom. The van der Waals surface area contributed by atoms with Crippen molar-refractivity contribution in [2.24, 2.45) is 0 Å². The van der Waals surface area contributed by atoms with Gasteiger partial charge in [0.1, 0.15) is 0 Å². The summed E-state index contributed by atoms with van der Waals surface area (Å²) in [5.74, 6) is 0. The average molecular weight is 335 g/mol. The minimum Gasteiger partial charge on any atom is -0.389 e. The first-order valence-corrected chi connectivity index (χ1v) is 6.95. The highest BCUT2D eigenvalue weighted by molar-refractivity contribution is 9.10. The Bertz CT molecular complexity index is 597. The van der Waals surface area contributed by atoms with Gasteiger partial charge in [0.15, 0.2) is 0 Å². The Balaban J connectivity index is 1.97. The Morgan fingerprint density at radius 3 is 2.35 bits per heavy atom. The number of rotatable bonds is 3. The van der Waals surface area contributed by atoms with E-state index in [1.54, 1.807) is 37.3 Å². The van der Waals surface area contributed by atoms with E-state index in [9.17, 15) is 9.90 Å². The van der Waals surface area contributed by atoms with Gasteiger partial charge >= 0.3 is 6.03 Å². The van der Waals surface area contributed by atoms with Gasteiger partial charge in [-0.05, 0) is 42.8 Å². The predicted octanol–water partition coefficient (Wildman–Crippen LogP) is 4.15. The molecule has 2 aromatic rings. The van der Waals surface area contributed by atoms with E-state index in [4.69, 9.17) is 0 Å². The van der Waals surface area contributed by atoms with Crippen LogP contribution in [0.4, 0.5) is 16.2 Å². The number of anilines is 2. The second-order valence-corrected chi connectivity index (χ2v) is 5.30.